The minimum atomic E-state index is -0.279. The topological polar surface area (TPSA) is 52.9 Å². The fraction of sp³-hybridized carbons (Fsp3) is 0.533. The number of benzene rings is 2. The molecule has 0 unspecified atom stereocenters. The van der Waals surface area contributed by atoms with Crippen molar-refractivity contribution in [2.45, 2.75) is 91.0 Å². The molecule has 0 aliphatic carbocycles. The summed E-state index contributed by atoms with van der Waals surface area (Å²) in [6, 6.07) is 14.5. The Bertz CT molecular complexity index is 1030. The number of hydrogen-bond donors (Lipinski definition) is 1. The van der Waals surface area contributed by atoms with Crippen LogP contribution in [0.25, 0.3) is 0 Å². The minimum absolute atomic E-state index is 0.0601. The Morgan fingerprint density at radius 3 is 2.11 bits per heavy atom. The van der Waals surface area contributed by atoms with E-state index in [-0.39, 0.29) is 29.2 Å². The van der Waals surface area contributed by atoms with Crippen molar-refractivity contribution in [3.8, 4) is 5.75 Å². The summed E-state index contributed by atoms with van der Waals surface area (Å²) >= 11 is 3.37. The molecule has 5 heteroatoms. The number of aromatic hydroxyl groups is 1. The second-order valence-electron chi connectivity index (χ2n) is 12.0. The third kappa shape index (κ3) is 6.35. The number of hydrogen-bond acceptors (Lipinski definition) is 3. The number of carbonyl (C=O) groups excluding carboxylic acids is 1. The first kappa shape index (κ1) is 27.4. The van der Waals surface area contributed by atoms with Gasteiger partial charge in [-0.3, -0.25) is 4.79 Å². The predicted octanol–water partition coefficient (Wildman–Crippen LogP) is 7.61. The van der Waals surface area contributed by atoms with E-state index >= 15 is 0 Å². The molecule has 1 saturated heterocycles. The normalized spacial score (nSPS) is 20.0. The van der Waals surface area contributed by atoms with E-state index in [4.69, 9.17) is 0 Å². The van der Waals surface area contributed by atoms with Crippen LogP contribution in [0.2, 0.25) is 0 Å². The number of rotatable bonds is 7. The number of ketones is 1. The molecule has 0 bridgehead atoms. The van der Waals surface area contributed by atoms with E-state index in [2.05, 4.69) is 97.8 Å². The summed E-state index contributed by atoms with van der Waals surface area (Å²) in [5.74, 6) is 1.68. The summed E-state index contributed by atoms with van der Waals surface area (Å²) < 4.78 is 4.50. The first-order valence-corrected chi connectivity index (χ1v) is 13.5. The molecular formula is C30H41BrN2O2. The first-order chi connectivity index (χ1) is 16.4. The Labute approximate surface area is 220 Å². The lowest BCUT2D eigenvalue weighted by Crippen LogP contribution is -2.39. The molecule has 2 atom stereocenters. The predicted molar refractivity (Wildman–Crippen MR) is 150 cm³/mol. The molecule has 1 heterocycles. The summed E-state index contributed by atoms with van der Waals surface area (Å²) in [7, 11) is 0. The van der Waals surface area contributed by atoms with Crippen molar-refractivity contribution in [2.75, 3.05) is 6.54 Å². The van der Waals surface area contributed by atoms with Crippen LogP contribution in [-0.2, 0) is 17.3 Å². The van der Waals surface area contributed by atoms with Gasteiger partial charge in [-0.2, -0.15) is 4.02 Å². The maximum absolute atomic E-state index is 13.8. The van der Waals surface area contributed by atoms with Crippen LogP contribution in [0.1, 0.15) is 94.8 Å². The molecule has 0 amide bonds. The highest BCUT2D eigenvalue weighted by molar-refractivity contribution is 9.08. The third-order valence-corrected chi connectivity index (χ3v) is 7.42. The molecule has 2 aromatic rings. The number of carbonyl (C=O) groups is 1. The van der Waals surface area contributed by atoms with Crippen molar-refractivity contribution in [3.63, 3.8) is 0 Å². The standard InChI is InChI=1S/C30H41BrN2O2/c1-8-12-21-16-23(15-20-13-10-9-11-14-20)33(28(21)32-31)19-26(34)22-17-24(29(2,3)4)27(35)25(18-22)30(5,6)7/h9-11,13-14,17-18,21,23,35H,8,12,15-16,19H2,1-7H3/t21-,23+/m0/s1. The molecule has 1 N–H and O–H groups in total. The third-order valence-electron chi connectivity index (χ3n) is 7.06. The highest BCUT2D eigenvalue weighted by Gasteiger charge is 2.38. The zero-order valence-electron chi connectivity index (χ0n) is 22.4. The van der Waals surface area contributed by atoms with Crippen molar-refractivity contribution in [1.29, 1.82) is 0 Å². The van der Waals surface area contributed by atoms with Gasteiger partial charge in [0.2, 0.25) is 0 Å². The zero-order valence-corrected chi connectivity index (χ0v) is 23.9. The van der Waals surface area contributed by atoms with Gasteiger partial charge in [0.05, 0.1) is 22.7 Å². The van der Waals surface area contributed by atoms with Gasteiger partial charge >= 0.3 is 0 Å². The average molecular weight is 542 g/mol. The van der Waals surface area contributed by atoms with Gasteiger partial charge in [-0.15, -0.1) is 0 Å². The van der Waals surface area contributed by atoms with Crippen molar-refractivity contribution in [3.05, 3.63) is 64.7 Å². The van der Waals surface area contributed by atoms with Gasteiger partial charge in [0, 0.05) is 28.7 Å². The van der Waals surface area contributed by atoms with E-state index in [9.17, 15) is 9.90 Å². The number of Topliss-reactive ketones (excluding diaryl/α,β-unsaturated/α-hetero) is 1. The van der Waals surface area contributed by atoms with Gasteiger partial charge in [0.1, 0.15) is 11.6 Å². The smallest absolute Gasteiger partial charge is 0.182 e. The summed E-state index contributed by atoms with van der Waals surface area (Å²) in [5.41, 5.74) is 3.00. The molecule has 2 aromatic carbocycles. The van der Waals surface area contributed by atoms with Gasteiger partial charge in [-0.1, -0.05) is 85.2 Å². The highest BCUT2D eigenvalue weighted by atomic mass is 79.9. The van der Waals surface area contributed by atoms with Crippen molar-refractivity contribution < 1.29 is 9.90 Å². The Balaban J connectivity index is 1.99. The summed E-state index contributed by atoms with van der Waals surface area (Å²) in [6.07, 6.45) is 4.02. The van der Waals surface area contributed by atoms with Crippen LogP contribution in [0.5, 0.6) is 5.75 Å². The van der Waals surface area contributed by atoms with Gasteiger partial charge in [-0.05, 0) is 47.8 Å². The van der Waals surface area contributed by atoms with Gasteiger partial charge < -0.3 is 10.0 Å². The van der Waals surface area contributed by atoms with Gasteiger partial charge in [0.25, 0.3) is 0 Å². The van der Waals surface area contributed by atoms with E-state index in [1.165, 1.54) is 5.56 Å². The fourth-order valence-electron chi connectivity index (χ4n) is 5.17. The van der Waals surface area contributed by atoms with E-state index in [1.54, 1.807) is 0 Å². The Morgan fingerprint density at radius 1 is 1.06 bits per heavy atom. The number of likely N-dealkylation sites (tertiary alicyclic amines) is 1. The van der Waals surface area contributed by atoms with Gasteiger partial charge in [-0.25, -0.2) is 0 Å². The highest BCUT2D eigenvalue weighted by Crippen LogP contribution is 2.40. The van der Waals surface area contributed by atoms with Crippen LogP contribution in [-0.4, -0.2) is 34.2 Å². The summed E-state index contributed by atoms with van der Waals surface area (Å²) in [5, 5.41) is 11.1. The molecule has 0 radical (unpaired) electrons. The lowest BCUT2D eigenvalue weighted by Gasteiger charge is -2.29. The monoisotopic (exact) mass is 540 g/mol. The lowest BCUT2D eigenvalue weighted by molar-refractivity contribution is 0.0952. The largest absolute Gasteiger partial charge is 0.507 e. The van der Waals surface area contributed by atoms with E-state index in [1.807, 2.05) is 18.2 Å². The van der Waals surface area contributed by atoms with Crippen LogP contribution >= 0.6 is 16.1 Å². The molecule has 4 nitrogen and oxygen atoms in total. The Kier molecular flexibility index (Phi) is 8.52. The number of halogens is 1. The number of nitrogens with zero attached hydrogens (tertiary/aromatic N) is 2. The number of amidine groups is 1. The maximum atomic E-state index is 13.8. The number of phenols is 1. The van der Waals surface area contributed by atoms with E-state index < -0.39 is 0 Å². The van der Waals surface area contributed by atoms with Crippen LogP contribution in [0.15, 0.2) is 46.5 Å². The van der Waals surface area contributed by atoms with Crippen LogP contribution < -0.4 is 0 Å². The summed E-state index contributed by atoms with van der Waals surface area (Å²) in [4.78, 5) is 16.0. The van der Waals surface area contributed by atoms with Crippen LogP contribution in [0.3, 0.4) is 0 Å². The van der Waals surface area contributed by atoms with Crippen molar-refractivity contribution >= 4 is 27.8 Å². The van der Waals surface area contributed by atoms with E-state index in [0.29, 0.717) is 17.2 Å². The molecule has 1 aliphatic rings. The Hall–Kier alpha value is -2.14. The van der Waals surface area contributed by atoms with Crippen molar-refractivity contribution in [2.24, 2.45) is 9.94 Å². The van der Waals surface area contributed by atoms with Crippen LogP contribution in [0.4, 0.5) is 0 Å². The second-order valence-corrected chi connectivity index (χ2v) is 12.3. The van der Waals surface area contributed by atoms with Gasteiger partial charge in [0.15, 0.2) is 5.78 Å². The molecule has 0 spiro atoms. The SMILES string of the molecule is CCC[C@H]1C[C@@H](Cc2ccccc2)N(CC(=O)c2cc(C(C)(C)C)c(O)c(C(C)(C)C)c2)C1=NBr. The fourth-order valence-corrected chi connectivity index (χ4v) is 5.66. The molecule has 3 rings (SSSR count). The van der Waals surface area contributed by atoms with Crippen LogP contribution in [0, 0.1) is 5.92 Å². The second kappa shape index (κ2) is 10.9. The molecule has 0 aromatic heterocycles. The minimum Gasteiger partial charge on any atom is -0.507 e. The maximum Gasteiger partial charge on any atom is 0.182 e. The summed E-state index contributed by atoms with van der Waals surface area (Å²) in [6.45, 7) is 14.9. The Morgan fingerprint density at radius 2 is 1.63 bits per heavy atom. The quantitative estimate of drug-likeness (QED) is 0.367. The first-order valence-electron chi connectivity index (χ1n) is 12.8. The van der Waals surface area contributed by atoms with E-state index in [0.717, 1.165) is 42.6 Å². The molecule has 1 fully saturated rings. The van der Waals surface area contributed by atoms with Crippen molar-refractivity contribution in [1.82, 2.24) is 4.90 Å². The number of phenolic OH excluding ortho intramolecular Hbond substituents is 1. The molecule has 190 valence electrons. The molecule has 35 heavy (non-hydrogen) atoms. The molecular weight excluding hydrogens is 500 g/mol. The molecule has 1 aliphatic heterocycles. The molecule has 0 saturated carbocycles. The lowest BCUT2D eigenvalue weighted by atomic mass is 9.78. The zero-order chi connectivity index (χ0) is 26.0. The average Bonchev–Trinajstić information content (AvgIpc) is 3.08.